The highest BCUT2D eigenvalue weighted by Crippen LogP contribution is 2.60. The number of Topliss-reactive ketones (excluding diaryl/α,β-unsaturated/α-hetero) is 1. The Morgan fingerprint density at radius 1 is 1.04 bits per heavy atom. The van der Waals surface area contributed by atoms with Gasteiger partial charge in [-0.05, 0) is 68.3 Å². The number of hydrogen-bond donors (Lipinski definition) is 1. The fourth-order valence-corrected chi connectivity index (χ4v) is 6.90. The lowest BCUT2D eigenvalue weighted by molar-refractivity contribution is -0.147. The zero-order chi connectivity index (χ0) is 19.5. The molecule has 1 aromatic carbocycles. The number of benzene rings is 1. The minimum Gasteiger partial charge on any atom is -0.319 e. The van der Waals surface area contributed by atoms with Gasteiger partial charge in [-0.3, -0.25) is 14.5 Å². The average molecular weight is 380 g/mol. The number of carbonyl (C=O) groups is 3. The maximum Gasteiger partial charge on any atom is 0.325 e. The van der Waals surface area contributed by atoms with E-state index in [4.69, 9.17) is 0 Å². The third-order valence-corrected chi connectivity index (χ3v) is 7.90. The van der Waals surface area contributed by atoms with E-state index in [1.54, 1.807) is 0 Å². The summed E-state index contributed by atoms with van der Waals surface area (Å²) in [4.78, 5) is 40.6. The summed E-state index contributed by atoms with van der Waals surface area (Å²) in [6.45, 7) is 1.82. The van der Waals surface area contributed by atoms with Crippen molar-refractivity contribution in [3.05, 3.63) is 35.9 Å². The quantitative estimate of drug-likeness (QED) is 0.793. The molecule has 1 heterocycles. The highest BCUT2D eigenvalue weighted by atomic mass is 16.2. The third kappa shape index (κ3) is 2.48. The SMILES string of the molecule is CCC1(c2ccccc2)NC(=O)N(CC(=O)C23CC4CC(CC(C4)C2)C3)C1=O. The van der Waals surface area contributed by atoms with E-state index in [-0.39, 0.29) is 23.7 Å². The Morgan fingerprint density at radius 2 is 1.61 bits per heavy atom. The van der Waals surface area contributed by atoms with Crippen LogP contribution >= 0.6 is 0 Å². The van der Waals surface area contributed by atoms with Crippen LogP contribution in [0.1, 0.15) is 57.4 Å². The van der Waals surface area contributed by atoms with Crippen LogP contribution in [0.25, 0.3) is 0 Å². The van der Waals surface area contributed by atoms with Gasteiger partial charge in [0.1, 0.15) is 5.54 Å². The number of ketones is 1. The van der Waals surface area contributed by atoms with Crippen molar-refractivity contribution < 1.29 is 14.4 Å². The monoisotopic (exact) mass is 380 g/mol. The van der Waals surface area contributed by atoms with Gasteiger partial charge in [-0.1, -0.05) is 37.3 Å². The normalized spacial score (nSPS) is 38.8. The molecule has 4 aliphatic carbocycles. The summed E-state index contributed by atoms with van der Waals surface area (Å²) in [6, 6.07) is 8.93. The predicted molar refractivity (Wildman–Crippen MR) is 104 cm³/mol. The molecule has 1 unspecified atom stereocenters. The summed E-state index contributed by atoms with van der Waals surface area (Å²) < 4.78 is 0. The van der Waals surface area contributed by atoms with Crippen LogP contribution in [0.4, 0.5) is 4.79 Å². The number of nitrogens with one attached hydrogen (secondary N) is 1. The molecule has 1 saturated heterocycles. The van der Waals surface area contributed by atoms with Crippen LogP contribution in [0.15, 0.2) is 30.3 Å². The van der Waals surface area contributed by atoms with Gasteiger partial charge in [-0.2, -0.15) is 0 Å². The van der Waals surface area contributed by atoms with Gasteiger partial charge in [0.05, 0.1) is 6.54 Å². The molecule has 5 nitrogen and oxygen atoms in total. The Bertz CT molecular complexity index is 798. The summed E-state index contributed by atoms with van der Waals surface area (Å²) in [5.41, 5.74) is -0.569. The highest BCUT2D eigenvalue weighted by Gasteiger charge is 2.57. The van der Waals surface area contributed by atoms with Crippen LogP contribution in [0.2, 0.25) is 0 Å². The van der Waals surface area contributed by atoms with E-state index in [2.05, 4.69) is 5.32 Å². The van der Waals surface area contributed by atoms with Gasteiger partial charge in [-0.15, -0.1) is 0 Å². The van der Waals surface area contributed by atoms with Crippen LogP contribution < -0.4 is 5.32 Å². The first kappa shape index (κ1) is 17.9. The molecule has 28 heavy (non-hydrogen) atoms. The molecule has 1 aliphatic heterocycles. The van der Waals surface area contributed by atoms with Crippen molar-refractivity contribution in [3.63, 3.8) is 0 Å². The Kier molecular flexibility index (Phi) is 3.94. The Labute approximate surface area is 165 Å². The molecule has 0 spiro atoms. The molecular formula is C23H28N2O3. The molecule has 6 rings (SSSR count). The van der Waals surface area contributed by atoms with E-state index in [1.165, 1.54) is 24.2 Å². The molecule has 5 fully saturated rings. The first-order valence-corrected chi connectivity index (χ1v) is 10.7. The Hall–Kier alpha value is -2.17. The van der Waals surface area contributed by atoms with Crippen LogP contribution in [0.5, 0.6) is 0 Å². The van der Waals surface area contributed by atoms with Gasteiger partial charge in [-0.25, -0.2) is 4.79 Å². The van der Waals surface area contributed by atoms with E-state index < -0.39 is 11.6 Å². The summed E-state index contributed by atoms with van der Waals surface area (Å²) in [6.07, 6.45) is 7.13. The zero-order valence-electron chi connectivity index (χ0n) is 16.4. The topological polar surface area (TPSA) is 66.5 Å². The van der Waals surface area contributed by atoms with E-state index in [1.807, 2.05) is 37.3 Å². The van der Waals surface area contributed by atoms with Crippen LogP contribution in [0, 0.1) is 23.2 Å². The molecule has 1 N–H and O–H groups in total. The van der Waals surface area contributed by atoms with Crippen molar-refractivity contribution in [2.24, 2.45) is 23.2 Å². The van der Waals surface area contributed by atoms with Gasteiger partial charge in [0.25, 0.3) is 5.91 Å². The largest absolute Gasteiger partial charge is 0.325 e. The molecule has 0 radical (unpaired) electrons. The lowest BCUT2D eigenvalue weighted by atomic mass is 9.48. The number of carbonyl (C=O) groups excluding carboxylic acids is 3. The molecule has 1 atom stereocenters. The third-order valence-electron chi connectivity index (χ3n) is 7.90. The van der Waals surface area contributed by atoms with E-state index in [0.29, 0.717) is 24.2 Å². The van der Waals surface area contributed by atoms with Gasteiger partial charge in [0.2, 0.25) is 0 Å². The van der Waals surface area contributed by atoms with Crippen molar-refractivity contribution in [2.45, 2.75) is 57.4 Å². The molecule has 5 heteroatoms. The number of nitrogens with zero attached hydrogens (tertiary/aromatic N) is 1. The number of urea groups is 1. The summed E-state index contributed by atoms with van der Waals surface area (Å²) in [5, 5.41) is 2.90. The number of amides is 3. The fraction of sp³-hybridized carbons (Fsp3) is 0.609. The molecule has 3 amide bonds. The summed E-state index contributed by atoms with van der Waals surface area (Å²) in [7, 11) is 0. The van der Waals surface area contributed by atoms with Gasteiger partial charge in [0.15, 0.2) is 5.78 Å². The molecule has 4 bridgehead atoms. The lowest BCUT2D eigenvalue weighted by Crippen LogP contribution is -2.53. The summed E-state index contributed by atoms with van der Waals surface area (Å²) in [5.74, 6) is 1.81. The maximum atomic E-state index is 13.4. The molecule has 4 saturated carbocycles. The molecule has 0 aromatic heterocycles. The second-order valence-corrected chi connectivity index (χ2v) is 9.57. The second-order valence-electron chi connectivity index (χ2n) is 9.57. The van der Waals surface area contributed by atoms with Gasteiger partial charge >= 0.3 is 6.03 Å². The van der Waals surface area contributed by atoms with Crippen LogP contribution in [-0.4, -0.2) is 29.2 Å². The van der Waals surface area contributed by atoms with Crippen molar-refractivity contribution in [2.75, 3.05) is 6.54 Å². The first-order chi connectivity index (χ1) is 13.5. The standard InChI is InChI=1S/C23H28N2O3/c1-2-23(18-6-4-3-5-7-18)20(27)25(21(28)24-23)14-19(26)22-11-15-8-16(12-22)10-17(9-15)13-22/h3-7,15-17H,2,8-14H2,1H3,(H,24,28). The van der Waals surface area contributed by atoms with E-state index >= 15 is 0 Å². The first-order valence-electron chi connectivity index (χ1n) is 10.7. The van der Waals surface area contributed by atoms with Gasteiger partial charge in [0, 0.05) is 5.41 Å². The maximum absolute atomic E-state index is 13.4. The minimum absolute atomic E-state index is 0.0780. The van der Waals surface area contributed by atoms with Gasteiger partial charge < -0.3 is 5.32 Å². The zero-order valence-corrected chi connectivity index (χ0v) is 16.4. The van der Waals surface area contributed by atoms with Crippen molar-refractivity contribution in [1.29, 1.82) is 0 Å². The highest BCUT2D eigenvalue weighted by molar-refractivity contribution is 6.10. The second kappa shape index (κ2) is 6.16. The van der Waals surface area contributed by atoms with E-state index in [9.17, 15) is 14.4 Å². The Morgan fingerprint density at radius 3 is 2.14 bits per heavy atom. The minimum atomic E-state index is -1.06. The Balaban J connectivity index is 1.39. The lowest BCUT2D eigenvalue weighted by Gasteiger charge is -2.56. The van der Waals surface area contributed by atoms with Crippen molar-refractivity contribution >= 4 is 17.7 Å². The van der Waals surface area contributed by atoms with E-state index in [0.717, 1.165) is 24.8 Å². The smallest absolute Gasteiger partial charge is 0.319 e. The van der Waals surface area contributed by atoms with Crippen LogP contribution in [-0.2, 0) is 15.1 Å². The molecule has 1 aromatic rings. The molecular weight excluding hydrogens is 352 g/mol. The summed E-state index contributed by atoms with van der Waals surface area (Å²) >= 11 is 0. The number of imide groups is 1. The van der Waals surface area contributed by atoms with Crippen LogP contribution in [0.3, 0.4) is 0 Å². The van der Waals surface area contributed by atoms with Crippen molar-refractivity contribution in [1.82, 2.24) is 10.2 Å². The number of rotatable bonds is 5. The number of hydrogen-bond acceptors (Lipinski definition) is 3. The molecule has 5 aliphatic rings. The van der Waals surface area contributed by atoms with Crippen molar-refractivity contribution in [3.8, 4) is 0 Å². The fourth-order valence-electron chi connectivity index (χ4n) is 6.90. The predicted octanol–water partition coefficient (Wildman–Crippen LogP) is 3.63. The average Bonchev–Trinajstić information content (AvgIpc) is 2.93. The molecule has 148 valence electrons.